The Kier molecular flexibility index (Phi) is 6.52. The summed E-state index contributed by atoms with van der Waals surface area (Å²) in [5, 5.41) is 3.34. The summed E-state index contributed by atoms with van der Waals surface area (Å²) < 4.78 is 6.44. The summed E-state index contributed by atoms with van der Waals surface area (Å²) in [7, 11) is 0. The molecule has 212 valence electrons. The van der Waals surface area contributed by atoms with Gasteiger partial charge in [-0.25, -0.2) is 4.79 Å². The van der Waals surface area contributed by atoms with Crippen LogP contribution in [0.1, 0.15) is 50.2 Å². The predicted molar refractivity (Wildman–Crippen MR) is 161 cm³/mol. The minimum absolute atomic E-state index is 0.0689. The molecule has 41 heavy (non-hydrogen) atoms. The Hall–Kier alpha value is -3.80. The Bertz CT molecular complexity index is 1580. The summed E-state index contributed by atoms with van der Waals surface area (Å²) in [6, 6.07) is 22.6. The van der Waals surface area contributed by atoms with Crippen LogP contribution < -0.4 is 5.73 Å². The number of carbonyl (C=O) groups excluding carboxylic acids is 2. The van der Waals surface area contributed by atoms with E-state index in [0.29, 0.717) is 31.2 Å². The van der Waals surface area contributed by atoms with Gasteiger partial charge in [-0.05, 0) is 97.1 Å². The standard InChI is InChI=1S/C35H39N3O3/c1-35(33(36)39,20-28-21-37-31-12-5-4-11-30(28)31)38(14-13-25-9-6-8-24-7-2-3-10-29(24)25)34(40)41-32-26-16-22-15-23(18-26)19-27(32)17-22/h2-12,21-23,26-27,32,37H,13-20H2,1H3,(H2,36,39). The van der Waals surface area contributed by atoms with E-state index < -0.39 is 17.5 Å². The van der Waals surface area contributed by atoms with E-state index in [9.17, 15) is 9.59 Å². The Morgan fingerprint density at radius 3 is 2.27 bits per heavy atom. The van der Waals surface area contributed by atoms with Gasteiger partial charge in [0.05, 0.1) is 0 Å². The normalized spacial score (nSPS) is 26.2. The molecule has 1 aromatic heterocycles. The number of primary amides is 1. The van der Waals surface area contributed by atoms with Crippen LogP contribution in [-0.2, 0) is 22.4 Å². The summed E-state index contributed by atoms with van der Waals surface area (Å²) in [6.07, 6.45) is 8.31. The van der Waals surface area contributed by atoms with Gasteiger partial charge in [0.1, 0.15) is 11.6 Å². The van der Waals surface area contributed by atoms with E-state index in [1.54, 1.807) is 11.8 Å². The number of nitrogens with zero attached hydrogens (tertiary/aromatic N) is 1. The molecule has 0 aliphatic heterocycles. The number of para-hydroxylation sites is 1. The number of benzene rings is 3. The number of H-pyrrole nitrogens is 1. The van der Waals surface area contributed by atoms with Crippen molar-refractivity contribution < 1.29 is 14.3 Å². The summed E-state index contributed by atoms with van der Waals surface area (Å²) in [4.78, 5) is 32.6. The number of aromatic nitrogens is 1. The second kappa shape index (κ2) is 10.2. The fourth-order valence-corrected chi connectivity index (χ4v) is 8.49. The van der Waals surface area contributed by atoms with Crippen LogP contribution >= 0.6 is 0 Å². The van der Waals surface area contributed by atoms with Gasteiger partial charge in [-0.1, -0.05) is 60.7 Å². The van der Waals surface area contributed by atoms with Crippen molar-refractivity contribution in [2.75, 3.05) is 6.54 Å². The summed E-state index contributed by atoms with van der Waals surface area (Å²) in [6.45, 7) is 2.14. The molecule has 0 saturated heterocycles. The molecule has 3 aromatic carbocycles. The number of carbonyl (C=O) groups is 2. The maximum atomic E-state index is 14.3. The highest BCUT2D eigenvalue weighted by molar-refractivity contribution is 5.91. The smallest absolute Gasteiger partial charge is 0.410 e. The lowest BCUT2D eigenvalue weighted by molar-refractivity contribution is -0.132. The van der Waals surface area contributed by atoms with Gasteiger partial charge >= 0.3 is 6.09 Å². The van der Waals surface area contributed by atoms with Crippen LogP contribution in [0.15, 0.2) is 72.9 Å². The van der Waals surface area contributed by atoms with Gasteiger partial charge in [-0.3, -0.25) is 9.69 Å². The Morgan fingerprint density at radius 2 is 1.54 bits per heavy atom. The third kappa shape index (κ3) is 4.67. The van der Waals surface area contributed by atoms with E-state index in [1.807, 2.05) is 48.7 Å². The summed E-state index contributed by atoms with van der Waals surface area (Å²) in [5.74, 6) is 1.91. The largest absolute Gasteiger partial charge is 0.445 e. The van der Waals surface area contributed by atoms with Gasteiger partial charge in [-0.15, -0.1) is 0 Å². The monoisotopic (exact) mass is 549 g/mol. The lowest BCUT2D eigenvalue weighted by Crippen LogP contribution is -2.61. The number of ether oxygens (including phenoxy) is 1. The SMILES string of the molecule is CC(Cc1c[nH]c2ccccc12)(C(N)=O)N(CCc1cccc2ccccc12)C(=O)OC1C2CC3CC(C2)CC1C3. The highest BCUT2D eigenvalue weighted by atomic mass is 16.6. The zero-order valence-electron chi connectivity index (χ0n) is 23.7. The van der Waals surface area contributed by atoms with Crippen molar-refractivity contribution >= 4 is 33.7 Å². The van der Waals surface area contributed by atoms with Gasteiger partial charge in [0.15, 0.2) is 0 Å². The second-order valence-electron chi connectivity index (χ2n) is 13.0. The van der Waals surface area contributed by atoms with Gasteiger partial charge < -0.3 is 15.5 Å². The lowest BCUT2D eigenvalue weighted by atomic mass is 9.55. The third-order valence-corrected chi connectivity index (χ3v) is 10.4. The number of aromatic amines is 1. The molecule has 2 amide bonds. The minimum Gasteiger partial charge on any atom is -0.445 e. The van der Waals surface area contributed by atoms with Gasteiger partial charge in [-0.2, -0.15) is 0 Å². The fourth-order valence-electron chi connectivity index (χ4n) is 8.49. The Balaban J connectivity index is 1.21. The van der Waals surface area contributed by atoms with Crippen molar-refractivity contribution in [1.29, 1.82) is 0 Å². The molecule has 6 nitrogen and oxygen atoms in total. The van der Waals surface area contributed by atoms with Crippen LogP contribution in [0.2, 0.25) is 0 Å². The average molecular weight is 550 g/mol. The van der Waals surface area contributed by atoms with Gasteiger partial charge in [0.25, 0.3) is 0 Å². The molecule has 4 saturated carbocycles. The van der Waals surface area contributed by atoms with E-state index in [1.165, 1.54) is 6.42 Å². The first-order chi connectivity index (χ1) is 19.9. The van der Waals surface area contributed by atoms with Crippen LogP contribution in [0.4, 0.5) is 4.79 Å². The van der Waals surface area contributed by atoms with Crippen molar-refractivity contribution in [2.24, 2.45) is 29.4 Å². The molecular formula is C35H39N3O3. The molecule has 0 spiro atoms. The van der Waals surface area contributed by atoms with Crippen molar-refractivity contribution in [1.82, 2.24) is 9.88 Å². The van der Waals surface area contributed by atoms with Crippen LogP contribution in [0.5, 0.6) is 0 Å². The minimum atomic E-state index is -1.27. The topological polar surface area (TPSA) is 88.4 Å². The quantitative estimate of drug-likeness (QED) is 0.259. The molecular weight excluding hydrogens is 510 g/mol. The number of fused-ring (bicyclic) bond motifs is 2. The van der Waals surface area contributed by atoms with E-state index in [4.69, 9.17) is 10.5 Å². The molecule has 0 radical (unpaired) electrons. The fraction of sp³-hybridized carbons (Fsp3) is 0.429. The summed E-state index contributed by atoms with van der Waals surface area (Å²) in [5.41, 5.74) is 8.00. The van der Waals surface area contributed by atoms with Gasteiger partial charge in [0, 0.05) is 30.1 Å². The second-order valence-corrected chi connectivity index (χ2v) is 13.0. The van der Waals surface area contributed by atoms with Crippen molar-refractivity contribution in [2.45, 2.75) is 63.5 Å². The van der Waals surface area contributed by atoms with Crippen molar-refractivity contribution in [3.63, 3.8) is 0 Å². The van der Waals surface area contributed by atoms with E-state index in [-0.39, 0.29) is 6.10 Å². The highest BCUT2D eigenvalue weighted by Gasteiger charge is 2.51. The van der Waals surface area contributed by atoms with Crippen molar-refractivity contribution in [3.05, 3.63) is 84.1 Å². The molecule has 4 aliphatic carbocycles. The molecule has 4 bridgehead atoms. The molecule has 4 aromatic rings. The first kappa shape index (κ1) is 26.1. The molecule has 6 heteroatoms. The Morgan fingerprint density at radius 1 is 0.878 bits per heavy atom. The number of nitrogens with one attached hydrogen (secondary N) is 1. The lowest BCUT2D eigenvalue weighted by Gasteiger charge is -2.54. The van der Waals surface area contributed by atoms with Crippen LogP contribution in [0.25, 0.3) is 21.7 Å². The van der Waals surface area contributed by atoms with E-state index in [0.717, 1.165) is 70.3 Å². The summed E-state index contributed by atoms with van der Waals surface area (Å²) >= 11 is 0. The van der Waals surface area contributed by atoms with E-state index >= 15 is 0 Å². The number of nitrogens with two attached hydrogens (primary N) is 1. The van der Waals surface area contributed by atoms with Crippen molar-refractivity contribution in [3.8, 4) is 0 Å². The molecule has 8 rings (SSSR count). The van der Waals surface area contributed by atoms with Crippen LogP contribution in [-0.4, -0.2) is 40.1 Å². The highest BCUT2D eigenvalue weighted by Crippen LogP contribution is 2.54. The van der Waals surface area contributed by atoms with Crippen LogP contribution in [0.3, 0.4) is 0 Å². The number of rotatable bonds is 8. The number of amides is 2. The van der Waals surface area contributed by atoms with E-state index in [2.05, 4.69) is 29.2 Å². The van der Waals surface area contributed by atoms with Gasteiger partial charge in [0.2, 0.25) is 5.91 Å². The molecule has 1 atom stereocenters. The first-order valence-electron chi connectivity index (χ1n) is 15.2. The Labute approximate surface area is 241 Å². The molecule has 4 aliphatic rings. The third-order valence-electron chi connectivity index (χ3n) is 10.4. The zero-order valence-corrected chi connectivity index (χ0v) is 23.7. The maximum absolute atomic E-state index is 14.3. The molecule has 4 fully saturated rings. The zero-order chi connectivity index (χ0) is 28.1. The number of hydrogen-bond acceptors (Lipinski definition) is 3. The molecule has 1 heterocycles. The number of hydrogen-bond donors (Lipinski definition) is 2. The maximum Gasteiger partial charge on any atom is 0.410 e. The average Bonchev–Trinajstić information content (AvgIpc) is 3.37. The van der Waals surface area contributed by atoms with Crippen LogP contribution in [0, 0.1) is 23.7 Å². The predicted octanol–water partition coefficient (Wildman–Crippen LogP) is 6.61. The molecule has 1 unspecified atom stereocenters. The first-order valence-corrected chi connectivity index (χ1v) is 15.2. The molecule has 3 N–H and O–H groups in total.